The molecule has 0 atom stereocenters. The summed E-state index contributed by atoms with van der Waals surface area (Å²) in [6.45, 7) is 4.75. The lowest BCUT2D eigenvalue weighted by molar-refractivity contribution is 0.0348. The molecule has 0 spiro atoms. The Kier molecular flexibility index (Phi) is 8.22. The van der Waals surface area contributed by atoms with Crippen LogP contribution in [0.4, 0.5) is 10.5 Å². The van der Waals surface area contributed by atoms with Gasteiger partial charge in [0.2, 0.25) is 0 Å². The van der Waals surface area contributed by atoms with Crippen molar-refractivity contribution in [3.63, 3.8) is 0 Å². The van der Waals surface area contributed by atoms with E-state index >= 15 is 0 Å². The molecule has 35 heavy (non-hydrogen) atoms. The molecule has 180 valence electrons. The molecule has 3 aromatic rings. The Labute approximate surface area is 203 Å². The number of anilines is 1. The highest BCUT2D eigenvalue weighted by molar-refractivity contribution is 5.84. The first-order valence-electron chi connectivity index (χ1n) is 11.5. The zero-order valence-electron chi connectivity index (χ0n) is 19.4. The highest BCUT2D eigenvalue weighted by Crippen LogP contribution is 2.17. The number of benzene rings is 2. The van der Waals surface area contributed by atoms with Crippen LogP contribution in [0.25, 0.3) is 11.3 Å². The second kappa shape index (κ2) is 11.9. The minimum Gasteiger partial charge on any atom is -0.449 e. The van der Waals surface area contributed by atoms with E-state index in [0.717, 1.165) is 50.4 Å². The van der Waals surface area contributed by atoms with Gasteiger partial charge in [-0.25, -0.2) is 9.48 Å². The number of nitrogens with zero attached hydrogens (tertiary/aromatic N) is 4. The molecule has 2 aromatic carbocycles. The van der Waals surface area contributed by atoms with Crippen LogP contribution in [0.1, 0.15) is 17.5 Å². The van der Waals surface area contributed by atoms with Crippen molar-refractivity contribution < 1.29 is 14.3 Å². The van der Waals surface area contributed by atoms with Crippen LogP contribution in [-0.4, -0.2) is 60.2 Å². The van der Waals surface area contributed by atoms with Gasteiger partial charge < -0.3 is 9.47 Å². The molecule has 2 heterocycles. The van der Waals surface area contributed by atoms with Gasteiger partial charge >= 0.3 is 6.09 Å². The summed E-state index contributed by atoms with van der Waals surface area (Å²) in [4.78, 5) is 26.9. The fraction of sp³-hybridized carbons (Fsp3) is 0.308. The van der Waals surface area contributed by atoms with Crippen LogP contribution in [0, 0.1) is 11.3 Å². The number of hydrogen-bond acceptors (Lipinski definition) is 7. The largest absolute Gasteiger partial charge is 0.449 e. The van der Waals surface area contributed by atoms with E-state index in [0.29, 0.717) is 23.6 Å². The molecule has 0 bridgehead atoms. The molecule has 1 aromatic heterocycles. The van der Waals surface area contributed by atoms with Gasteiger partial charge in [0.15, 0.2) is 0 Å². The Bertz CT molecular complexity index is 1260. The third kappa shape index (κ3) is 6.99. The van der Waals surface area contributed by atoms with Gasteiger partial charge in [-0.15, -0.1) is 0 Å². The van der Waals surface area contributed by atoms with E-state index in [2.05, 4.69) is 21.4 Å². The van der Waals surface area contributed by atoms with Crippen LogP contribution in [0.2, 0.25) is 0 Å². The van der Waals surface area contributed by atoms with Gasteiger partial charge in [-0.1, -0.05) is 24.3 Å². The van der Waals surface area contributed by atoms with Gasteiger partial charge in [-0.05, 0) is 42.3 Å². The van der Waals surface area contributed by atoms with Gasteiger partial charge in [0.25, 0.3) is 5.56 Å². The molecule has 4 rings (SSSR count). The number of nitriles is 1. The standard InChI is InChI=1S/C26H27N5O4/c27-18-20-4-1-6-22(16-20)24-8-9-25(32)31(29-24)19-21-5-2-7-23(17-21)28-26(33)35-13-3-10-30-11-14-34-15-12-30/h1-2,4-9,16-17H,3,10-15,19H2,(H,28,33). The number of ether oxygens (including phenoxy) is 2. The summed E-state index contributed by atoms with van der Waals surface area (Å²) in [5.41, 5.74) is 3.00. The first-order valence-corrected chi connectivity index (χ1v) is 11.5. The first-order chi connectivity index (χ1) is 17.1. The van der Waals surface area contributed by atoms with Crippen molar-refractivity contribution in [2.75, 3.05) is 44.8 Å². The SMILES string of the molecule is N#Cc1cccc(-c2ccc(=O)n(Cc3cccc(NC(=O)OCCCN4CCOCC4)c3)n2)c1. The number of carbonyl (C=O) groups is 1. The van der Waals surface area contributed by atoms with Gasteiger partial charge in [0.05, 0.1) is 43.7 Å². The lowest BCUT2D eigenvalue weighted by Gasteiger charge is -2.26. The summed E-state index contributed by atoms with van der Waals surface area (Å²) in [7, 11) is 0. The lowest BCUT2D eigenvalue weighted by Crippen LogP contribution is -2.37. The number of morpholine rings is 1. The average Bonchev–Trinajstić information content (AvgIpc) is 2.89. The highest BCUT2D eigenvalue weighted by Gasteiger charge is 2.11. The second-order valence-electron chi connectivity index (χ2n) is 8.18. The fourth-order valence-corrected chi connectivity index (χ4v) is 3.82. The molecule has 9 heteroatoms. The van der Waals surface area contributed by atoms with E-state index in [1.807, 2.05) is 12.1 Å². The Morgan fingerprint density at radius 3 is 2.77 bits per heavy atom. The normalized spacial score (nSPS) is 13.7. The van der Waals surface area contributed by atoms with E-state index < -0.39 is 6.09 Å². The summed E-state index contributed by atoms with van der Waals surface area (Å²) in [6.07, 6.45) is 0.245. The van der Waals surface area contributed by atoms with Crippen LogP contribution < -0.4 is 10.9 Å². The molecule has 0 radical (unpaired) electrons. The van der Waals surface area contributed by atoms with Gasteiger partial charge in [-0.2, -0.15) is 10.4 Å². The number of amides is 1. The van der Waals surface area contributed by atoms with Gasteiger partial charge in [0.1, 0.15) is 0 Å². The van der Waals surface area contributed by atoms with Crippen molar-refractivity contribution >= 4 is 11.8 Å². The minimum atomic E-state index is -0.515. The van der Waals surface area contributed by atoms with Crippen molar-refractivity contribution in [2.24, 2.45) is 0 Å². The predicted molar refractivity (Wildman–Crippen MR) is 131 cm³/mol. The smallest absolute Gasteiger partial charge is 0.411 e. The Balaban J connectivity index is 1.34. The fourth-order valence-electron chi connectivity index (χ4n) is 3.82. The Morgan fingerprint density at radius 2 is 1.94 bits per heavy atom. The Morgan fingerprint density at radius 1 is 1.11 bits per heavy atom. The topological polar surface area (TPSA) is 109 Å². The van der Waals surface area contributed by atoms with E-state index in [4.69, 9.17) is 14.7 Å². The third-order valence-corrected chi connectivity index (χ3v) is 5.62. The Hall–Kier alpha value is -4.00. The molecule has 1 fully saturated rings. The number of aromatic nitrogens is 2. The zero-order valence-corrected chi connectivity index (χ0v) is 19.4. The molecule has 9 nitrogen and oxygen atoms in total. The number of nitrogens with one attached hydrogen (secondary N) is 1. The number of hydrogen-bond donors (Lipinski definition) is 1. The van der Waals surface area contributed by atoms with Crippen molar-refractivity contribution in [3.05, 3.63) is 82.1 Å². The van der Waals surface area contributed by atoms with Crippen LogP contribution in [-0.2, 0) is 16.0 Å². The minimum absolute atomic E-state index is 0.231. The molecule has 1 saturated heterocycles. The molecule has 1 aliphatic heterocycles. The summed E-state index contributed by atoms with van der Waals surface area (Å²) in [6, 6.07) is 19.5. The lowest BCUT2D eigenvalue weighted by atomic mass is 10.1. The van der Waals surface area contributed by atoms with E-state index in [1.54, 1.807) is 42.5 Å². The quantitative estimate of drug-likeness (QED) is 0.501. The summed E-state index contributed by atoms with van der Waals surface area (Å²) in [5.74, 6) is 0. The highest BCUT2D eigenvalue weighted by atomic mass is 16.5. The maximum absolute atomic E-state index is 12.4. The van der Waals surface area contributed by atoms with Crippen molar-refractivity contribution in [2.45, 2.75) is 13.0 Å². The van der Waals surface area contributed by atoms with Gasteiger partial charge in [0, 0.05) is 37.0 Å². The maximum atomic E-state index is 12.4. The van der Waals surface area contributed by atoms with E-state index in [-0.39, 0.29) is 12.1 Å². The summed E-state index contributed by atoms with van der Waals surface area (Å²) >= 11 is 0. The molecular formula is C26H27N5O4. The van der Waals surface area contributed by atoms with Crippen LogP contribution in [0.5, 0.6) is 0 Å². The summed E-state index contributed by atoms with van der Waals surface area (Å²) in [5, 5.41) is 16.3. The molecule has 0 saturated carbocycles. The molecule has 1 N–H and O–H groups in total. The molecule has 0 aliphatic carbocycles. The van der Waals surface area contributed by atoms with Crippen molar-refractivity contribution in [1.29, 1.82) is 5.26 Å². The van der Waals surface area contributed by atoms with E-state index in [9.17, 15) is 9.59 Å². The van der Waals surface area contributed by atoms with Crippen LogP contribution in [0.15, 0.2) is 65.5 Å². The molecule has 1 aliphatic rings. The monoisotopic (exact) mass is 473 g/mol. The molecule has 1 amide bonds. The first kappa shape index (κ1) is 24.1. The number of carbonyl (C=O) groups excluding carboxylic acids is 1. The maximum Gasteiger partial charge on any atom is 0.411 e. The van der Waals surface area contributed by atoms with Crippen molar-refractivity contribution in [1.82, 2.24) is 14.7 Å². The van der Waals surface area contributed by atoms with Crippen LogP contribution >= 0.6 is 0 Å². The third-order valence-electron chi connectivity index (χ3n) is 5.62. The van der Waals surface area contributed by atoms with Crippen LogP contribution in [0.3, 0.4) is 0 Å². The predicted octanol–water partition coefficient (Wildman–Crippen LogP) is 3.10. The van der Waals surface area contributed by atoms with Crippen molar-refractivity contribution in [3.8, 4) is 17.3 Å². The summed E-state index contributed by atoms with van der Waals surface area (Å²) < 4.78 is 12.0. The van der Waals surface area contributed by atoms with Gasteiger partial charge in [-0.3, -0.25) is 15.0 Å². The zero-order chi connectivity index (χ0) is 24.5. The second-order valence-corrected chi connectivity index (χ2v) is 8.18. The van der Waals surface area contributed by atoms with E-state index in [1.165, 1.54) is 10.7 Å². The number of rotatable bonds is 8. The average molecular weight is 474 g/mol. The molecular weight excluding hydrogens is 446 g/mol. The molecule has 0 unspecified atom stereocenters.